The van der Waals surface area contributed by atoms with Crippen LogP contribution in [0.15, 0.2) is 42.7 Å². The van der Waals surface area contributed by atoms with Crippen molar-refractivity contribution in [2.24, 2.45) is 5.92 Å². The molecule has 3 heteroatoms. The molecule has 0 radical (unpaired) electrons. The van der Waals surface area contributed by atoms with Crippen LogP contribution in [0.1, 0.15) is 43.2 Å². The van der Waals surface area contributed by atoms with Crippen LogP contribution in [-0.4, -0.2) is 9.97 Å². The molecule has 2 unspecified atom stereocenters. The molecule has 0 spiro atoms. The van der Waals surface area contributed by atoms with Crippen LogP contribution in [0.25, 0.3) is 0 Å². The maximum absolute atomic E-state index is 4.32. The van der Waals surface area contributed by atoms with E-state index < -0.39 is 0 Å². The van der Waals surface area contributed by atoms with Crippen LogP contribution in [0, 0.1) is 5.92 Å². The van der Waals surface area contributed by atoms with Crippen LogP contribution < -0.4 is 5.32 Å². The third-order valence-corrected chi connectivity index (χ3v) is 3.61. The van der Waals surface area contributed by atoms with Crippen LogP contribution in [0.5, 0.6) is 0 Å². The predicted molar refractivity (Wildman–Crippen MR) is 72.0 cm³/mol. The Morgan fingerprint density at radius 1 is 1.28 bits per heavy atom. The Kier molecular flexibility index (Phi) is 3.15. The Hall–Kier alpha value is -1.61. The molecule has 1 heterocycles. The minimum absolute atomic E-state index is 0.255. The lowest BCUT2D eigenvalue weighted by molar-refractivity contribution is 0.418. The van der Waals surface area contributed by atoms with E-state index in [9.17, 15) is 0 Å². The number of rotatable bonds is 5. The summed E-state index contributed by atoms with van der Waals surface area (Å²) < 4.78 is 0. The quantitative estimate of drug-likeness (QED) is 0.844. The molecule has 1 aromatic heterocycles. The zero-order valence-electron chi connectivity index (χ0n) is 10.6. The van der Waals surface area contributed by atoms with Gasteiger partial charge >= 0.3 is 0 Å². The van der Waals surface area contributed by atoms with Crippen molar-refractivity contribution in [2.75, 3.05) is 0 Å². The molecular formula is C15H19N3. The maximum Gasteiger partial charge on any atom is 0.122 e. The van der Waals surface area contributed by atoms with Gasteiger partial charge in [-0.05, 0) is 31.2 Å². The van der Waals surface area contributed by atoms with Crippen molar-refractivity contribution in [1.82, 2.24) is 15.3 Å². The summed E-state index contributed by atoms with van der Waals surface area (Å²) in [5.74, 6) is 1.79. The van der Waals surface area contributed by atoms with E-state index in [4.69, 9.17) is 0 Å². The van der Waals surface area contributed by atoms with Gasteiger partial charge in [0.25, 0.3) is 0 Å². The van der Waals surface area contributed by atoms with E-state index in [-0.39, 0.29) is 6.04 Å². The van der Waals surface area contributed by atoms with Crippen LogP contribution in [0.4, 0.5) is 0 Å². The van der Waals surface area contributed by atoms with Gasteiger partial charge in [-0.25, -0.2) is 4.98 Å². The molecule has 2 N–H and O–H groups in total. The first-order valence-corrected chi connectivity index (χ1v) is 6.65. The Morgan fingerprint density at radius 3 is 2.67 bits per heavy atom. The minimum atomic E-state index is 0.255. The summed E-state index contributed by atoms with van der Waals surface area (Å²) in [7, 11) is 0. The molecule has 1 fully saturated rings. The highest BCUT2D eigenvalue weighted by Crippen LogP contribution is 2.41. The summed E-state index contributed by atoms with van der Waals surface area (Å²) in [6.07, 6.45) is 6.35. The van der Waals surface area contributed by atoms with Crippen LogP contribution >= 0.6 is 0 Å². The first-order chi connectivity index (χ1) is 8.84. The zero-order chi connectivity index (χ0) is 12.4. The Bertz CT molecular complexity index is 474. The highest BCUT2D eigenvalue weighted by atomic mass is 15.0. The molecule has 1 aliphatic rings. The fourth-order valence-corrected chi connectivity index (χ4v) is 2.46. The van der Waals surface area contributed by atoms with Gasteiger partial charge in [-0.3, -0.25) is 0 Å². The topological polar surface area (TPSA) is 40.7 Å². The molecular weight excluding hydrogens is 222 g/mol. The number of nitrogens with zero attached hydrogens (tertiary/aromatic N) is 1. The zero-order valence-corrected chi connectivity index (χ0v) is 10.6. The van der Waals surface area contributed by atoms with Gasteiger partial charge in [-0.15, -0.1) is 0 Å². The fraction of sp³-hybridized carbons (Fsp3) is 0.400. The monoisotopic (exact) mass is 241 g/mol. The predicted octanol–water partition coefficient (Wildman–Crippen LogP) is 3.21. The lowest BCUT2D eigenvalue weighted by Gasteiger charge is -2.22. The fourth-order valence-electron chi connectivity index (χ4n) is 2.46. The van der Waals surface area contributed by atoms with E-state index in [0.717, 1.165) is 11.7 Å². The third kappa shape index (κ3) is 2.46. The molecule has 94 valence electrons. The number of hydrogen-bond donors (Lipinski definition) is 2. The summed E-state index contributed by atoms with van der Waals surface area (Å²) in [5, 5.41) is 3.70. The highest BCUT2D eigenvalue weighted by Gasteiger charge is 2.33. The third-order valence-electron chi connectivity index (χ3n) is 3.61. The first-order valence-electron chi connectivity index (χ1n) is 6.65. The lowest BCUT2D eigenvalue weighted by Crippen LogP contribution is -2.26. The summed E-state index contributed by atoms with van der Waals surface area (Å²) >= 11 is 0. The van der Waals surface area contributed by atoms with E-state index in [2.05, 4.69) is 52.5 Å². The average Bonchev–Trinajstić information content (AvgIpc) is 3.10. The van der Waals surface area contributed by atoms with Gasteiger partial charge in [-0.1, -0.05) is 30.3 Å². The van der Waals surface area contributed by atoms with Gasteiger partial charge in [0.05, 0.1) is 6.04 Å². The smallest absolute Gasteiger partial charge is 0.122 e. The molecule has 1 aromatic carbocycles. The van der Waals surface area contributed by atoms with Crippen molar-refractivity contribution in [2.45, 2.75) is 31.8 Å². The van der Waals surface area contributed by atoms with Gasteiger partial charge in [0.1, 0.15) is 5.82 Å². The molecule has 18 heavy (non-hydrogen) atoms. The molecule has 0 saturated heterocycles. The second-order valence-electron chi connectivity index (χ2n) is 5.09. The number of hydrogen-bond acceptors (Lipinski definition) is 2. The molecule has 3 nitrogen and oxygen atoms in total. The van der Waals surface area contributed by atoms with Crippen LogP contribution in [-0.2, 0) is 0 Å². The van der Waals surface area contributed by atoms with Gasteiger partial charge in [0, 0.05) is 18.4 Å². The molecule has 1 saturated carbocycles. The van der Waals surface area contributed by atoms with Crippen molar-refractivity contribution in [3.63, 3.8) is 0 Å². The molecule has 0 bridgehead atoms. The molecule has 2 atom stereocenters. The average molecular weight is 241 g/mol. The number of aromatic nitrogens is 2. The Labute approximate surface area is 108 Å². The van der Waals surface area contributed by atoms with Crippen LogP contribution in [0.3, 0.4) is 0 Å². The first kappa shape index (κ1) is 11.5. The normalized spacial score (nSPS) is 18.5. The standard InChI is InChI=1S/C15H19N3/c1-11(15-16-9-10-17-15)18-14(13-7-8-13)12-5-3-2-4-6-12/h2-6,9-11,13-14,18H,7-8H2,1H3,(H,16,17). The van der Waals surface area contributed by atoms with Gasteiger partial charge in [-0.2, -0.15) is 0 Å². The molecule has 0 amide bonds. The largest absolute Gasteiger partial charge is 0.347 e. The minimum Gasteiger partial charge on any atom is -0.347 e. The van der Waals surface area contributed by atoms with Crippen molar-refractivity contribution >= 4 is 0 Å². The Balaban J connectivity index is 1.75. The maximum atomic E-state index is 4.32. The molecule has 0 aliphatic heterocycles. The lowest BCUT2D eigenvalue weighted by atomic mass is 10.0. The van der Waals surface area contributed by atoms with Gasteiger partial charge in [0.15, 0.2) is 0 Å². The van der Waals surface area contributed by atoms with E-state index in [1.54, 1.807) is 0 Å². The second-order valence-corrected chi connectivity index (χ2v) is 5.09. The summed E-state index contributed by atoms with van der Waals surface area (Å²) in [5.41, 5.74) is 1.39. The van der Waals surface area contributed by atoms with E-state index >= 15 is 0 Å². The number of nitrogens with one attached hydrogen (secondary N) is 2. The van der Waals surface area contributed by atoms with E-state index in [1.807, 2.05) is 12.4 Å². The van der Waals surface area contributed by atoms with Crippen LogP contribution in [0.2, 0.25) is 0 Å². The SMILES string of the molecule is CC(NC(c1ccccc1)C1CC1)c1ncc[nH]1. The van der Waals surface area contributed by atoms with E-state index in [0.29, 0.717) is 6.04 Å². The number of benzene rings is 1. The summed E-state index contributed by atoms with van der Waals surface area (Å²) in [6.45, 7) is 2.16. The van der Waals surface area contributed by atoms with Crippen molar-refractivity contribution < 1.29 is 0 Å². The van der Waals surface area contributed by atoms with Gasteiger partial charge < -0.3 is 10.3 Å². The van der Waals surface area contributed by atoms with Gasteiger partial charge in [0.2, 0.25) is 0 Å². The summed E-state index contributed by atoms with van der Waals surface area (Å²) in [6, 6.07) is 11.4. The number of H-pyrrole nitrogens is 1. The molecule has 3 rings (SSSR count). The summed E-state index contributed by atoms with van der Waals surface area (Å²) in [4.78, 5) is 7.50. The highest BCUT2D eigenvalue weighted by molar-refractivity contribution is 5.21. The van der Waals surface area contributed by atoms with Crippen molar-refractivity contribution in [1.29, 1.82) is 0 Å². The van der Waals surface area contributed by atoms with Crippen molar-refractivity contribution in [3.8, 4) is 0 Å². The molecule has 1 aliphatic carbocycles. The van der Waals surface area contributed by atoms with E-state index in [1.165, 1.54) is 18.4 Å². The van der Waals surface area contributed by atoms with Crippen molar-refractivity contribution in [3.05, 3.63) is 54.1 Å². The number of aromatic amines is 1. The molecule has 2 aromatic rings. The second kappa shape index (κ2) is 4.94. The Morgan fingerprint density at radius 2 is 2.06 bits per heavy atom. The number of imidazole rings is 1.